The maximum absolute atomic E-state index is 6.87. The fourth-order valence-corrected chi connectivity index (χ4v) is 15.4. The molecule has 0 spiro atoms. The summed E-state index contributed by atoms with van der Waals surface area (Å²) in [6, 6.07) is 91.4. The topological polar surface area (TPSA) is 16.4 Å². The molecule has 12 rings (SSSR count). The molecule has 304 valence electrons. The van der Waals surface area contributed by atoms with E-state index in [0.717, 1.165) is 39.0 Å². The van der Waals surface area contributed by atoms with Crippen LogP contribution in [0.5, 0.6) is 0 Å². The Kier molecular flexibility index (Phi) is 9.76. The predicted octanol–water partition coefficient (Wildman–Crippen LogP) is 14.1. The molecule has 0 unspecified atom stereocenters. The van der Waals surface area contributed by atoms with E-state index in [2.05, 4.69) is 254 Å². The van der Waals surface area contributed by atoms with Gasteiger partial charge >= 0.3 is 0 Å². The zero-order valence-electron chi connectivity index (χ0n) is 34.5. The minimum atomic E-state index is -3.14. The normalized spacial score (nSPS) is 12.7. The molecule has 0 N–H and O–H groups in total. The van der Waals surface area contributed by atoms with Crippen molar-refractivity contribution in [3.05, 3.63) is 249 Å². The average molecular weight is 836 g/mol. The molecule has 0 fully saturated rings. The standard InChI is InChI=1S/C60H41NOSi.CH4/c1-5-20-42(21-6-1)48-28-13-15-30-50(48)44-36-38-54-58(40-44)63(46-24-9-3-10-25-46,47-26-11-4-12-27-47)59-41-45(51-31-16-14-29-49(51)43-22-7-2-8-23-43)37-39-55(59)61(54)56-34-19-33-53-52-32-17-18-35-57(52)62-60(53)56;/h1-41H;1H4. The second-order valence-corrected chi connectivity index (χ2v) is 20.1. The van der Waals surface area contributed by atoms with Gasteiger partial charge in [0.2, 0.25) is 0 Å². The van der Waals surface area contributed by atoms with E-state index < -0.39 is 8.07 Å². The van der Waals surface area contributed by atoms with Gasteiger partial charge in [-0.25, -0.2) is 0 Å². The van der Waals surface area contributed by atoms with Gasteiger partial charge in [0.05, 0.1) is 5.69 Å². The van der Waals surface area contributed by atoms with Gasteiger partial charge in [-0.3, -0.25) is 0 Å². The largest absolute Gasteiger partial charge is 0.454 e. The van der Waals surface area contributed by atoms with Crippen LogP contribution in [0.15, 0.2) is 253 Å². The zero-order chi connectivity index (χ0) is 41.7. The van der Waals surface area contributed by atoms with E-state index in [0.29, 0.717) is 0 Å². The maximum atomic E-state index is 6.87. The number of rotatable bonds is 7. The number of benzene rings is 10. The van der Waals surface area contributed by atoms with Crippen molar-refractivity contribution in [3.8, 4) is 44.5 Å². The van der Waals surface area contributed by atoms with Crippen LogP contribution in [0.2, 0.25) is 0 Å². The fourth-order valence-electron chi connectivity index (χ4n) is 10.2. The summed E-state index contributed by atoms with van der Waals surface area (Å²) in [4.78, 5) is 2.49. The highest BCUT2D eigenvalue weighted by Crippen LogP contribution is 2.46. The first-order chi connectivity index (χ1) is 31.3. The lowest BCUT2D eigenvalue weighted by Gasteiger charge is -2.45. The molecule has 1 aliphatic rings. The van der Waals surface area contributed by atoms with Crippen molar-refractivity contribution in [3.63, 3.8) is 0 Å². The number of furan rings is 1. The summed E-state index contributed by atoms with van der Waals surface area (Å²) in [5, 5.41) is 7.55. The van der Waals surface area contributed by atoms with Gasteiger partial charge in [0.1, 0.15) is 5.58 Å². The predicted molar refractivity (Wildman–Crippen MR) is 274 cm³/mol. The summed E-state index contributed by atoms with van der Waals surface area (Å²) in [7, 11) is -3.14. The van der Waals surface area contributed by atoms with Crippen molar-refractivity contribution in [2.45, 2.75) is 7.43 Å². The number of fused-ring (bicyclic) bond motifs is 5. The molecule has 0 saturated carbocycles. The van der Waals surface area contributed by atoms with Gasteiger partial charge in [0, 0.05) is 22.1 Å². The Morgan fingerprint density at radius 1 is 0.312 bits per heavy atom. The third kappa shape index (κ3) is 6.16. The zero-order valence-corrected chi connectivity index (χ0v) is 35.5. The molecule has 64 heavy (non-hydrogen) atoms. The highest BCUT2D eigenvalue weighted by Gasteiger charge is 2.49. The molecule has 0 atom stereocenters. The lowest BCUT2D eigenvalue weighted by atomic mass is 9.94. The lowest BCUT2D eigenvalue weighted by Crippen LogP contribution is -2.77. The molecule has 1 aliphatic heterocycles. The van der Waals surface area contributed by atoms with Crippen LogP contribution in [0.3, 0.4) is 0 Å². The van der Waals surface area contributed by atoms with E-state index in [9.17, 15) is 0 Å². The first-order valence-corrected chi connectivity index (χ1v) is 23.7. The Morgan fingerprint density at radius 3 is 1.22 bits per heavy atom. The molecule has 0 aliphatic carbocycles. The fraction of sp³-hybridized carbons (Fsp3) is 0.0164. The molecule has 10 aromatic carbocycles. The van der Waals surface area contributed by atoms with Crippen molar-refractivity contribution in [1.82, 2.24) is 0 Å². The van der Waals surface area contributed by atoms with Crippen molar-refractivity contribution in [2.24, 2.45) is 0 Å². The smallest absolute Gasteiger partial charge is 0.184 e. The van der Waals surface area contributed by atoms with Crippen LogP contribution in [-0.4, -0.2) is 8.07 Å². The van der Waals surface area contributed by atoms with E-state index in [-0.39, 0.29) is 7.43 Å². The quantitative estimate of drug-likeness (QED) is 0.149. The first-order valence-electron chi connectivity index (χ1n) is 21.7. The molecule has 11 aromatic rings. The molecule has 1 aromatic heterocycles. The molecule has 0 radical (unpaired) electrons. The summed E-state index contributed by atoms with van der Waals surface area (Å²) >= 11 is 0. The number of para-hydroxylation sites is 2. The minimum Gasteiger partial charge on any atom is -0.454 e. The summed E-state index contributed by atoms with van der Waals surface area (Å²) < 4.78 is 6.87. The summed E-state index contributed by atoms with van der Waals surface area (Å²) in [5.41, 5.74) is 14.7. The number of nitrogens with zero attached hydrogens (tertiary/aromatic N) is 1. The molecule has 0 amide bonds. The Balaban J connectivity index is 0.00000456. The Labute approximate surface area is 376 Å². The van der Waals surface area contributed by atoms with Gasteiger partial charge < -0.3 is 9.32 Å². The molecule has 3 heteroatoms. The van der Waals surface area contributed by atoms with Crippen molar-refractivity contribution >= 4 is 67.8 Å². The molecule has 2 nitrogen and oxygen atoms in total. The van der Waals surface area contributed by atoms with Crippen LogP contribution in [-0.2, 0) is 0 Å². The van der Waals surface area contributed by atoms with Crippen LogP contribution in [0.1, 0.15) is 7.43 Å². The molecular weight excluding hydrogens is 791 g/mol. The second kappa shape index (κ2) is 16.0. The average Bonchev–Trinajstić information content (AvgIpc) is 3.76. The highest BCUT2D eigenvalue weighted by atomic mass is 28.3. The van der Waals surface area contributed by atoms with Crippen LogP contribution in [0, 0.1) is 0 Å². The number of hydrogen-bond acceptors (Lipinski definition) is 2. The first kappa shape index (κ1) is 38.9. The van der Waals surface area contributed by atoms with Crippen molar-refractivity contribution < 1.29 is 4.42 Å². The van der Waals surface area contributed by atoms with Gasteiger partial charge in [0.25, 0.3) is 0 Å². The van der Waals surface area contributed by atoms with Crippen LogP contribution in [0.4, 0.5) is 17.1 Å². The highest BCUT2D eigenvalue weighted by molar-refractivity contribution is 7.21. The van der Waals surface area contributed by atoms with Gasteiger partial charge in [-0.15, -0.1) is 0 Å². The van der Waals surface area contributed by atoms with E-state index in [1.165, 1.54) is 65.3 Å². The monoisotopic (exact) mass is 835 g/mol. The van der Waals surface area contributed by atoms with Gasteiger partial charge in [-0.05, 0) is 89.5 Å². The van der Waals surface area contributed by atoms with Crippen LogP contribution in [0.25, 0.3) is 66.4 Å². The van der Waals surface area contributed by atoms with E-state index in [1.807, 2.05) is 0 Å². The summed E-state index contributed by atoms with van der Waals surface area (Å²) in [6.07, 6.45) is 0. The van der Waals surface area contributed by atoms with E-state index in [4.69, 9.17) is 4.42 Å². The molecule has 2 heterocycles. The number of hydrogen-bond donors (Lipinski definition) is 0. The SMILES string of the molecule is C.c1ccc(-c2ccccc2-c2ccc3c(c2)[Si](c2ccccc2)(c2ccccc2)c2cc(-c4ccccc4-c4ccccc4)ccc2N3c2cccc3c2oc2ccccc23)cc1. The van der Waals surface area contributed by atoms with Crippen LogP contribution < -0.4 is 25.6 Å². The Bertz CT molecular complexity index is 3280. The Hall–Kier alpha value is -7.98. The lowest BCUT2D eigenvalue weighted by molar-refractivity contribution is 0.669. The van der Waals surface area contributed by atoms with Gasteiger partial charge in [-0.2, -0.15) is 0 Å². The maximum Gasteiger partial charge on any atom is 0.184 e. The third-order valence-corrected chi connectivity index (χ3v) is 17.8. The minimum absolute atomic E-state index is 0. The Morgan fingerprint density at radius 2 is 0.719 bits per heavy atom. The van der Waals surface area contributed by atoms with Crippen molar-refractivity contribution in [1.29, 1.82) is 0 Å². The number of anilines is 3. The van der Waals surface area contributed by atoms with Crippen LogP contribution >= 0.6 is 0 Å². The molecule has 0 bridgehead atoms. The van der Waals surface area contributed by atoms with Gasteiger partial charge in [-0.1, -0.05) is 232 Å². The summed E-state index contributed by atoms with van der Waals surface area (Å²) in [5.74, 6) is 0. The molecule has 0 saturated heterocycles. The van der Waals surface area contributed by atoms with E-state index >= 15 is 0 Å². The van der Waals surface area contributed by atoms with E-state index in [1.54, 1.807) is 0 Å². The van der Waals surface area contributed by atoms with Gasteiger partial charge in [0.15, 0.2) is 13.7 Å². The third-order valence-electron chi connectivity index (χ3n) is 13.0. The molecular formula is C61H45NOSi. The second-order valence-electron chi connectivity index (χ2n) is 16.4. The van der Waals surface area contributed by atoms with Crippen molar-refractivity contribution in [2.75, 3.05) is 4.90 Å². The summed E-state index contributed by atoms with van der Waals surface area (Å²) in [6.45, 7) is 0.